The highest BCUT2D eigenvalue weighted by Crippen LogP contribution is 2.11. The van der Waals surface area contributed by atoms with Gasteiger partial charge in [0.1, 0.15) is 0 Å². The number of carbonyl (C=O) groups excluding carboxylic acids is 2. The molecule has 2 rings (SSSR count). The molecule has 1 aromatic heterocycles. The number of amides is 2. The maximum absolute atomic E-state index is 12.1. The van der Waals surface area contributed by atoms with E-state index in [-0.39, 0.29) is 25.3 Å². The molecule has 0 saturated carbocycles. The highest BCUT2D eigenvalue weighted by Gasteiger charge is 2.24. The van der Waals surface area contributed by atoms with Crippen LogP contribution in [0.4, 0.5) is 9.93 Å². The van der Waals surface area contributed by atoms with Crippen molar-refractivity contribution in [2.45, 2.75) is 18.9 Å². The Hall–Kier alpha value is -2.94. The predicted molar refractivity (Wildman–Crippen MR) is 96.0 cm³/mol. The molecule has 0 radical (unpaired) electrons. The Bertz CT molecular complexity index is 736. The maximum atomic E-state index is 12.1. The number of hydrogen-bond acceptors (Lipinski definition) is 6. The zero-order valence-electron chi connectivity index (χ0n) is 14.1. The molecule has 26 heavy (non-hydrogen) atoms. The van der Waals surface area contributed by atoms with Crippen molar-refractivity contribution in [1.29, 1.82) is 0 Å². The summed E-state index contributed by atoms with van der Waals surface area (Å²) >= 11 is 1.29. The molecule has 0 aliphatic heterocycles. The summed E-state index contributed by atoms with van der Waals surface area (Å²) in [6, 6.07) is 8.90. The minimum atomic E-state index is -1.29. The van der Waals surface area contributed by atoms with Gasteiger partial charge in [-0.3, -0.25) is 4.79 Å². The van der Waals surface area contributed by atoms with E-state index >= 15 is 0 Å². The number of carboxylic acid groups (broad SMARTS) is 1. The third kappa shape index (κ3) is 6.17. The van der Waals surface area contributed by atoms with Gasteiger partial charge in [0.05, 0.1) is 0 Å². The first kappa shape index (κ1) is 19.4. The molecule has 0 unspecified atom stereocenters. The number of carboxylic acids is 1. The minimum Gasteiger partial charge on any atom is -0.478 e. The number of ether oxygens (including phenoxy) is 1. The van der Waals surface area contributed by atoms with Gasteiger partial charge in [-0.2, -0.15) is 0 Å². The second-order valence-corrected chi connectivity index (χ2v) is 6.35. The molecule has 9 heteroatoms. The van der Waals surface area contributed by atoms with E-state index in [0.717, 1.165) is 5.56 Å². The van der Waals surface area contributed by atoms with Crippen LogP contribution >= 0.6 is 11.3 Å². The van der Waals surface area contributed by atoms with E-state index in [2.05, 4.69) is 10.3 Å². The van der Waals surface area contributed by atoms with Crippen molar-refractivity contribution in [3.05, 3.63) is 47.5 Å². The molecule has 2 aromatic rings. The fourth-order valence-corrected chi connectivity index (χ4v) is 2.59. The summed E-state index contributed by atoms with van der Waals surface area (Å²) in [6.07, 6.45) is -0.406. The van der Waals surface area contributed by atoms with Crippen LogP contribution in [0, 0.1) is 0 Å². The lowest BCUT2D eigenvalue weighted by Gasteiger charge is -2.20. The normalized spacial score (nSPS) is 11.4. The van der Waals surface area contributed by atoms with Crippen molar-refractivity contribution >= 4 is 34.4 Å². The highest BCUT2D eigenvalue weighted by molar-refractivity contribution is 7.13. The van der Waals surface area contributed by atoms with Crippen molar-refractivity contribution in [3.8, 4) is 0 Å². The molecule has 2 N–H and O–H groups in total. The number of nitrogens with one attached hydrogen (secondary N) is 1. The first-order valence-electron chi connectivity index (χ1n) is 7.83. The van der Waals surface area contributed by atoms with Crippen LogP contribution in [0.5, 0.6) is 0 Å². The van der Waals surface area contributed by atoms with E-state index in [0.29, 0.717) is 5.13 Å². The predicted octanol–water partition coefficient (Wildman–Crippen LogP) is 2.24. The number of thiazole rings is 1. The first-order valence-corrected chi connectivity index (χ1v) is 8.71. The largest absolute Gasteiger partial charge is 0.478 e. The van der Waals surface area contributed by atoms with Crippen molar-refractivity contribution in [3.63, 3.8) is 0 Å². The van der Waals surface area contributed by atoms with Gasteiger partial charge in [-0.25, -0.2) is 14.6 Å². The molecule has 1 heterocycles. The Kier molecular flexibility index (Phi) is 7.10. The quantitative estimate of drug-likeness (QED) is 0.730. The van der Waals surface area contributed by atoms with Gasteiger partial charge in [-0.15, -0.1) is 11.3 Å². The molecular weight excluding hydrogens is 358 g/mol. The maximum Gasteiger partial charge on any atom is 0.410 e. The average Bonchev–Trinajstić information content (AvgIpc) is 3.12. The number of hydrogen-bond donors (Lipinski definition) is 2. The fourth-order valence-electron chi connectivity index (χ4n) is 2.05. The standard InChI is InChI=1S/C17H19N3O5S/c1-20(9-7-14(21)19-16-18-8-10-26-16)17(24)25-13(15(22)23)11-12-5-3-2-4-6-12/h2-6,8,10,13H,7,9,11H2,1H3,(H,22,23)(H,18,19,21)/t13-/m0/s1. The van der Waals surface area contributed by atoms with Gasteiger partial charge < -0.3 is 20.1 Å². The van der Waals surface area contributed by atoms with Crippen molar-refractivity contribution in [2.24, 2.45) is 0 Å². The summed E-state index contributed by atoms with van der Waals surface area (Å²) < 4.78 is 5.06. The number of anilines is 1. The molecule has 0 bridgehead atoms. The van der Waals surface area contributed by atoms with Crippen LogP contribution in [0.25, 0.3) is 0 Å². The summed E-state index contributed by atoms with van der Waals surface area (Å²) in [5, 5.41) is 14.1. The molecule has 0 spiro atoms. The van der Waals surface area contributed by atoms with E-state index < -0.39 is 18.2 Å². The van der Waals surface area contributed by atoms with Crippen LogP contribution in [0.2, 0.25) is 0 Å². The van der Waals surface area contributed by atoms with Gasteiger partial charge in [0.15, 0.2) is 5.13 Å². The number of aromatic nitrogens is 1. The Balaban J connectivity index is 1.81. The van der Waals surface area contributed by atoms with Gasteiger partial charge >= 0.3 is 12.1 Å². The zero-order chi connectivity index (χ0) is 18.9. The summed E-state index contributed by atoms with van der Waals surface area (Å²) in [5.74, 6) is -1.52. The van der Waals surface area contributed by atoms with E-state index in [4.69, 9.17) is 4.74 Å². The third-order valence-electron chi connectivity index (χ3n) is 3.45. The van der Waals surface area contributed by atoms with Crippen molar-refractivity contribution in [1.82, 2.24) is 9.88 Å². The first-order chi connectivity index (χ1) is 12.5. The summed E-state index contributed by atoms with van der Waals surface area (Å²) in [6.45, 7) is 0.0910. The number of carbonyl (C=O) groups is 3. The molecule has 8 nitrogen and oxygen atoms in total. The summed E-state index contributed by atoms with van der Waals surface area (Å²) in [4.78, 5) is 40.3. The van der Waals surface area contributed by atoms with E-state index in [1.54, 1.807) is 35.8 Å². The molecule has 2 amide bonds. The number of rotatable bonds is 8. The molecule has 1 atom stereocenters. The molecule has 138 valence electrons. The van der Waals surface area contributed by atoms with Gasteiger partial charge in [0.2, 0.25) is 12.0 Å². The van der Waals surface area contributed by atoms with Crippen LogP contribution in [-0.4, -0.2) is 52.7 Å². The van der Waals surface area contributed by atoms with Crippen LogP contribution in [0.3, 0.4) is 0 Å². The minimum absolute atomic E-state index is 0.0433. The van der Waals surface area contributed by atoms with Crippen molar-refractivity contribution in [2.75, 3.05) is 18.9 Å². The zero-order valence-corrected chi connectivity index (χ0v) is 14.9. The van der Waals surface area contributed by atoms with Crippen LogP contribution in [0.15, 0.2) is 41.9 Å². The topological polar surface area (TPSA) is 109 Å². The van der Waals surface area contributed by atoms with E-state index in [9.17, 15) is 19.5 Å². The van der Waals surface area contributed by atoms with Crippen LogP contribution in [-0.2, 0) is 20.7 Å². The van der Waals surface area contributed by atoms with Gasteiger partial charge in [-0.05, 0) is 5.56 Å². The highest BCUT2D eigenvalue weighted by atomic mass is 32.1. The second kappa shape index (κ2) is 9.52. The molecule has 1 aromatic carbocycles. The van der Waals surface area contributed by atoms with Crippen molar-refractivity contribution < 1.29 is 24.2 Å². The van der Waals surface area contributed by atoms with Gasteiger partial charge in [0, 0.05) is 38.0 Å². The molecular formula is C17H19N3O5S. The lowest BCUT2D eigenvalue weighted by molar-refractivity contribution is -0.147. The number of benzene rings is 1. The smallest absolute Gasteiger partial charge is 0.410 e. The second-order valence-electron chi connectivity index (χ2n) is 5.46. The molecule has 0 fully saturated rings. The Morgan fingerprint density at radius 3 is 2.65 bits per heavy atom. The molecule has 0 aliphatic rings. The Morgan fingerprint density at radius 2 is 2.04 bits per heavy atom. The van der Waals surface area contributed by atoms with E-state index in [1.807, 2.05) is 6.07 Å². The Labute approximate surface area is 154 Å². The Morgan fingerprint density at radius 1 is 1.31 bits per heavy atom. The lowest BCUT2D eigenvalue weighted by atomic mass is 10.1. The average molecular weight is 377 g/mol. The van der Waals surface area contributed by atoms with Crippen LogP contribution < -0.4 is 5.32 Å². The fraction of sp³-hybridized carbons (Fsp3) is 0.294. The monoisotopic (exact) mass is 377 g/mol. The van der Waals surface area contributed by atoms with Gasteiger partial charge in [0.25, 0.3) is 0 Å². The van der Waals surface area contributed by atoms with E-state index in [1.165, 1.54) is 23.3 Å². The molecule has 0 saturated heterocycles. The number of aliphatic carboxylic acids is 1. The van der Waals surface area contributed by atoms with Gasteiger partial charge in [-0.1, -0.05) is 30.3 Å². The summed E-state index contributed by atoms with van der Waals surface area (Å²) in [7, 11) is 1.44. The lowest BCUT2D eigenvalue weighted by Crippen LogP contribution is -2.37. The molecule has 0 aliphatic carbocycles. The number of nitrogens with zero attached hydrogens (tertiary/aromatic N) is 2. The third-order valence-corrected chi connectivity index (χ3v) is 4.14. The SMILES string of the molecule is CN(CCC(=O)Nc1nccs1)C(=O)O[C@@H](Cc1ccccc1)C(=O)O. The summed E-state index contributed by atoms with van der Waals surface area (Å²) in [5.41, 5.74) is 0.748. The van der Waals surface area contributed by atoms with Crippen LogP contribution in [0.1, 0.15) is 12.0 Å².